The van der Waals surface area contributed by atoms with Gasteiger partial charge in [-0.15, -0.1) is 0 Å². The van der Waals surface area contributed by atoms with E-state index in [1.165, 1.54) is 4.90 Å². The molecule has 1 heterocycles. The van der Waals surface area contributed by atoms with Crippen LogP contribution in [0.3, 0.4) is 0 Å². The van der Waals surface area contributed by atoms with Gasteiger partial charge in [0.15, 0.2) is 5.11 Å². The highest BCUT2D eigenvalue weighted by Gasteiger charge is 2.41. The Balaban J connectivity index is 1.72. The van der Waals surface area contributed by atoms with Crippen LogP contribution >= 0.6 is 34.8 Å². The van der Waals surface area contributed by atoms with Gasteiger partial charge in [-0.05, 0) is 76.8 Å². The van der Waals surface area contributed by atoms with Crippen LogP contribution < -0.4 is 10.1 Å². The van der Waals surface area contributed by atoms with Crippen molar-refractivity contribution in [2.45, 2.75) is 19.0 Å². The maximum atomic E-state index is 12.6. The molecule has 0 aliphatic carbocycles. The maximum absolute atomic E-state index is 12.6. The SMILES string of the molecule is COc1ccc(CN2C(=S)N(C)C(=O)C2CC(=O)Nc2ccc(I)cc2)cc1. The van der Waals surface area contributed by atoms with Crippen molar-refractivity contribution in [1.82, 2.24) is 9.80 Å². The molecule has 1 N–H and O–H groups in total. The first-order chi connectivity index (χ1) is 13.4. The number of hydrogen-bond acceptors (Lipinski definition) is 4. The van der Waals surface area contributed by atoms with Crippen LogP contribution in [0.1, 0.15) is 12.0 Å². The molecule has 2 aromatic carbocycles. The first kappa shape index (κ1) is 20.5. The monoisotopic (exact) mass is 509 g/mol. The van der Waals surface area contributed by atoms with Gasteiger partial charge in [-0.3, -0.25) is 14.5 Å². The number of thiocarbonyl (C=S) groups is 1. The van der Waals surface area contributed by atoms with Crippen molar-refractivity contribution < 1.29 is 14.3 Å². The summed E-state index contributed by atoms with van der Waals surface area (Å²) in [6, 6.07) is 14.4. The third-order valence-corrected chi connectivity index (χ3v) is 5.77. The second-order valence-electron chi connectivity index (χ2n) is 6.43. The molecule has 1 aliphatic heterocycles. The van der Waals surface area contributed by atoms with Crippen LogP contribution in [0.5, 0.6) is 5.75 Å². The molecule has 0 spiro atoms. The molecule has 0 aromatic heterocycles. The van der Waals surface area contributed by atoms with Crippen LogP contribution in [-0.2, 0) is 16.1 Å². The molecule has 1 fully saturated rings. The Morgan fingerprint density at radius 3 is 2.43 bits per heavy atom. The molecular formula is C20H20IN3O3S. The summed E-state index contributed by atoms with van der Waals surface area (Å²) >= 11 is 7.64. The first-order valence-corrected chi connectivity index (χ1v) is 10.1. The number of rotatable bonds is 6. The van der Waals surface area contributed by atoms with E-state index in [1.54, 1.807) is 19.1 Å². The highest BCUT2D eigenvalue weighted by atomic mass is 127. The van der Waals surface area contributed by atoms with Gasteiger partial charge < -0.3 is 15.0 Å². The van der Waals surface area contributed by atoms with Crippen molar-refractivity contribution in [2.75, 3.05) is 19.5 Å². The van der Waals surface area contributed by atoms with E-state index < -0.39 is 6.04 Å². The average molecular weight is 509 g/mol. The van der Waals surface area contributed by atoms with E-state index in [0.717, 1.165) is 14.9 Å². The molecule has 1 unspecified atom stereocenters. The molecule has 1 atom stereocenters. The van der Waals surface area contributed by atoms with Gasteiger partial charge >= 0.3 is 0 Å². The molecule has 1 saturated heterocycles. The van der Waals surface area contributed by atoms with Gasteiger partial charge in [-0.1, -0.05) is 12.1 Å². The fourth-order valence-electron chi connectivity index (χ4n) is 3.00. The smallest absolute Gasteiger partial charge is 0.251 e. The summed E-state index contributed by atoms with van der Waals surface area (Å²) in [4.78, 5) is 28.4. The number of likely N-dealkylation sites (N-methyl/N-ethyl adjacent to an activating group) is 1. The van der Waals surface area contributed by atoms with Crippen LogP contribution in [0.4, 0.5) is 5.69 Å². The Kier molecular flexibility index (Phi) is 6.50. The van der Waals surface area contributed by atoms with E-state index in [1.807, 2.05) is 48.5 Å². The highest BCUT2D eigenvalue weighted by molar-refractivity contribution is 14.1. The largest absolute Gasteiger partial charge is 0.497 e. The summed E-state index contributed by atoms with van der Waals surface area (Å²) < 4.78 is 6.26. The number of halogens is 1. The second kappa shape index (κ2) is 8.87. The number of amides is 2. The van der Waals surface area contributed by atoms with Crippen LogP contribution in [0.15, 0.2) is 48.5 Å². The van der Waals surface area contributed by atoms with E-state index in [9.17, 15) is 9.59 Å². The van der Waals surface area contributed by atoms with Crippen LogP contribution in [-0.4, -0.2) is 46.9 Å². The van der Waals surface area contributed by atoms with Crippen molar-refractivity contribution in [2.24, 2.45) is 0 Å². The zero-order valence-corrected chi connectivity index (χ0v) is 18.5. The van der Waals surface area contributed by atoms with E-state index >= 15 is 0 Å². The molecule has 1 aliphatic rings. The third kappa shape index (κ3) is 4.61. The Hall–Kier alpha value is -2.20. The number of nitrogens with zero attached hydrogens (tertiary/aromatic N) is 2. The number of benzene rings is 2. The summed E-state index contributed by atoms with van der Waals surface area (Å²) in [5.41, 5.74) is 1.68. The number of ether oxygens (including phenoxy) is 1. The van der Waals surface area contributed by atoms with Crippen LogP contribution in [0, 0.1) is 3.57 Å². The fraction of sp³-hybridized carbons (Fsp3) is 0.250. The summed E-state index contributed by atoms with van der Waals surface area (Å²) in [7, 11) is 3.25. The van der Waals surface area contributed by atoms with E-state index in [2.05, 4.69) is 27.9 Å². The number of carbonyl (C=O) groups is 2. The van der Waals surface area contributed by atoms with Gasteiger partial charge in [0.25, 0.3) is 5.91 Å². The molecule has 2 amide bonds. The van der Waals surface area contributed by atoms with Gasteiger partial charge in [-0.2, -0.15) is 0 Å². The van der Waals surface area contributed by atoms with Gasteiger partial charge in [0.2, 0.25) is 5.91 Å². The lowest BCUT2D eigenvalue weighted by Crippen LogP contribution is -2.37. The zero-order valence-electron chi connectivity index (χ0n) is 15.5. The van der Waals surface area contributed by atoms with Gasteiger partial charge in [-0.25, -0.2) is 0 Å². The van der Waals surface area contributed by atoms with Gasteiger partial charge in [0, 0.05) is 22.8 Å². The van der Waals surface area contributed by atoms with E-state index in [0.29, 0.717) is 17.3 Å². The highest BCUT2D eigenvalue weighted by Crippen LogP contribution is 2.24. The van der Waals surface area contributed by atoms with Crippen molar-refractivity contribution in [1.29, 1.82) is 0 Å². The Bertz CT molecular complexity index is 887. The minimum absolute atomic E-state index is 0.0332. The molecule has 6 nitrogen and oxygen atoms in total. The van der Waals surface area contributed by atoms with Gasteiger partial charge in [0.05, 0.1) is 13.5 Å². The molecule has 0 radical (unpaired) electrons. The lowest BCUT2D eigenvalue weighted by molar-refractivity contribution is -0.130. The number of methoxy groups -OCH3 is 1. The molecule has 2 aromatic rings. The lowest BCUT2D eigenvalue weighted by Gasteiger charge is -2.23. The molecule has 0 bridgehead atoms. The van der Waals surface area contributed by atoms with Crippen molar-refractivity contribution >= 4 is 57.4 Å². The lowest BCUT2D eigenvalue weighted by atomic mass is 10.1. The second-order valence-corrected chi connectivity index (χ2v) is 8.04. The summed E-state index contributed by atoms with van der Waals surface area (Å²) in [6.07, 6.45) is 0.0332. The predicted octanol–water partition coefficient (Wildman–Crippen LogP) is 3.26. The third-order valence-electron chi connectivity index (χ3n) is 4.54. The van der Waals surface area contributed by atoms with E-state index in [-0.39, 0.29) is 18.2 Å². The number of anilines is 1. The molecular weight excluding hydrogens is 489 g/mol. The average Bonchev–Trinajstić information content (AvgIpc) is 2.88. The van der Waals surface area contributed by atoms with Gasteiger partial charge in [0.1, 0.15) is 11.8 Å². The maximum Gasteiger partial charge on any atom is 0.251 e. The minimum Gasteiger partial charge on any atom is -0.497 e. The Morgan fingerprint density at radius 2 is 1.82 bits per heavy atom. The molecule has 0 saturated carbocycles. The summed E-state index contributed by atoms with van der Waals surface area (Å²) in [6.45, 7) is 0.445. The predicted molar refractivity (Wildman–Crippen MR) is 120 cm³/mol. The molecule has 8 heteroatoms. The topological polar surface area (TPSA) is 61.9 Å². The minimum atomic E-state index is -0.622. The standard InChI is InChI=1S/C20H20IN3O3S/c1-23-19(26)17(11-18(25)22-15-7-5-14(21)6-8-15)24(20(23)28)12-13-3-9-16(27-2)10-4-13/h3-10,17H,11-12H2,1-2H3,(H,22,25). The van der Waals surface area contributed by atoms with Crippen LogP contribution in [0.2, 0.25) is 0 Å². The van der Waals surface area contributed by atoms with Crippen LogP contribution in [0.25, 0.3) is 0 Å². The number of carbonyl (C=O) groups excluding carboxylic acids is 2. The van der Waals surface area contributed by atoms with Crippen molar-refractivity contribution in [3.05, 3.63) is 57.7 Å². The van der Waals surface area contributed by atoms with Crippen molar-refractivity contribution in [3.63, 3.8) is 0 Å². The molecule has 146 valence electrons. The summed E-state index contributed by atoms with van der Waals surface area (Å²) in [5.74, 6) is 0.364. The Morgan fingerprint density at radius 1 is 1.18 bits per heavy atom. The molecule has 28 heavy (non-hydrogen) atoms. The number of hydrogen-bond donors (Lipinski definition) is 1. The zero-order chi connectivity index (χ0) is 20.3. The number of nitrogens with one attached hydrogen (secondary N) is 1. The Labute approximate surface area is 183 Å². The van der Waals surface area contributed by atoms with Crippen molar-refractivity contribution in [3.8, 4) is 5.75 Å². The normalized spacial score (nSPS) is 16.5. The first-order valence-electron chi connectivity index (χ1n) is 8.65. The molecule has 3 rings (SSSR count). The fourth-order valence-corrected chi connectivity index (χ4v) is 3.64. The summed E-state index contributed by atoms with van der Waals surface area (Å²) in [5, 5.41) is 3.27. The van der Waals surface area contributed by atoms with E-state index in [4.69, 9.17) is 17.0 Å². The quantitative estimate of drug-likeness (QED) is 0.479.